The Morgan fingerprint density at radius 3 is 2.33 bits per heavy atom. The smallest absolute Gasteiger partial charge is 0.323 e. The number of ether oxygens (including phenoxy) is 2. The van der Waals surface area contributed by atoms with Gasteiger partial charge in [-0.05, 0) is 73.9 Å². The monoisotopic (exact) mass is 563 g/mol. The zero-order chi connectivity index (χ0) is 28.6. The van der Waals surface area contributed by atoms with E-state index in [1.807, 2.05) is 12.1 Å². The number of rotatable bonds is 12. The van der Waals surface area contributed by atoms with E-state index >= 15 is 0 Å². The maximum Gasteiger partial charge on any atom is 0.323 e. The minimum Gasteiger partial charge on any atom is -0.481 e. The fourth-order valence-corrected chi connectivity index (χ4v) is 5.57. The molecule has 0 saturated heterocycles. The summed E-state index contributed by atoms with van der Waals surface area (Å²) in [5.74, 6) is -1.58. The Hall–Kier alpha value is -2.88. The predicted octanol–water partition coefficient (Wildman–Crippen LogP) is 7.11. The second kappa shape index (κ2) is 14.0. The second-order valence-electron chi connectivity index (χ2n) is 10.7. The van der Waals surface area contributed by atoms with Crippen molar-refractivity contribution in [3.63, 3.8) is 0 Å². The normalized spacial score (nSPS) is 19.9. The number of hydrogen-bond acceptors (Lipinski definition) is 5. The number of halogens is 2. The van der Waals surface area contributed by atoms with Crippen molar-refractivity contribution in [1.29, 1.82) is 0 Å². The number of nitrogens with one attached hydrogen (secondary N) is 3. The Kier molecular flexibility index (Phi) is 11.0. The molecular formula is C29H39ClFN3O5. The third-order valence-corrected chi connectivity index (χ3v) is 7.39. The summed E-state index contributed by atoms with van der Waals surface area (Å²) in [7, 11) is 3.26. The number of amides is 2. The van der Waals surface area contributed by atoms with E-state index in [0.717, 1.165) is 38.2 Å². The Bertz CT molecular complexity index is 1140. The lowest BCUT2D eigenvalue weighted by Gasteiger charge is -2.43. The molecule has 39 heavy (non-hydrogen) atoms. The Balaban J connectivity index is 1.95. The molecule has 0 heterocycles. The number of carboxylic acids is 1. The number of benzene rings is 2. The molecule has 2 aromatic rings. The van der Waals surface area contributed by atoms with Crippen molar-refractivity contribution in [3.8, 4) is 0 Å². The van der Waals surface area contributed by atoms with Crippen molar-refractivity contribution >= 4 is 40.7 Å². The molecule has 1 aliphatic carbocycles. The van der Waals surface area contributed by atoms with Crippen LogP contribution in [0, 0.1) is 11.7 Å². The van der Waals surface area contributed by atoms with E-state index in [-0.39, 0.29) is 35.4 Å². The van der Waals surface area contributed by atoms with Gasteiger partial charge in [0.25, 0.3) is 0 Å². The number of carbonyl (C=O) groups is 2. The zero-order valence-corrected chi connectivity index (χ0v) is 23.7. The van der Waals surface area contributed by atoms with Gasteiger partial charge in [-0.25, -0.2) is 9.18 Å². The molecule has 0 aliphatic heterocycles. The van der Waals surface area contributed by atoms with Crippen LogP contribution < -0.4 is 16.0 Å². The molecule has 0 aromatic heterocycles. The topological polar surface area (TPSA) is 109 Å². The number of carboxylic acid groups (broad SMARTS) is 1. The van der Waals surface area contributed by atoms with E-state index < -0.39 is 23.7 Å². The van der Waals surface area contributed by atoms with E-state index in [9.17, 15) is 19.1 Å². The molecule has 0 radical (unpaired) electrons. The van der Waals surface area contributed by atoms with Crippen LogP contribution in [0.1, 0.15) is 63.9 Å². The summed E-state index contributed by atoms with van der Waals surface area (Å²) in [4.78, 5) is 24.5. The fraction of sp³-hybridized carbons (Fsp3) is 0.517. The minimum atomic E-state index is -0.949. The standard InChI is InChI=1S/C29H39ClFN3O5/c1-18(2)16-29(11-9-22(39-4)10-12-29)34-25-7-5-19(20(17-38-3)14-27(35)36)13-26(25)33-28(37)32-24-8-6-21(30)15-23(24)31/h5-8,13,15,18,20,22,34H,9-12,14,16-17H2,1-4H3,(H,35,36)(H2,32,33,37). The lowest BCUT2D eigenvalue weighted by Crippen LogP contribution is -2.44. The van der Waals surface area contributed by atoms with E-state index in [1.165, 1.54) is 19.2 Å². The van der Waals surface area contributed by atoms with Crippen molar-refractivity contribution < 1.29 is 28.6 Å². The first-order valence-electron chi connectivity index (χ1n) is 13.2. The molecule has 214 valence electrons. The van der Waals surface area contributed by atoms with E-state index in [4.69, 9.17) is 21.1 Å². The van der Waals surface area contributed by atoms with Gasteiger partial charge < -0.3 is 30.5 Å². The van der Waals surface area contributed by atoms with E-state index in [2.05, 4.69) is 29.8 Å². The van der Waals surface area contributed by atoms with Crippen molar-refractivity contribution in [1.82, 2.24) is 0 Å². The Morgan fingerprint density at radius 1 is 1.08 bits per heavy atom. The number of urea groups is 1. The summed E-state index contributed by atoms with van der Waals surface area (Å²) in [6.07, 6.45) is 4.66. The van der Waals surface area contributed by atoms with Gasteiger partial charge in [0.2, 0.25) is 0 Å². The van der Waals surface area contributed by atoms with Crippen LogP contribution in [0.5, 0.6) is 0 Å². The van der Waals surface area contributed by atoms with Crippen LogP contribution in [0.2, 0.25) is 5.02 Å². The first kappa shape index (κ1) is 30.7. The molecule has 0 spiro atoms. The molecule has 1 unspecified atom stereocenters. The Labute approximate surface area is 234 Å². The summed E-state index contributed by atoms with van der Waals surface area (Å²) in [6.45, 7) is 4.57. The fourth-order valence-electron chi connectivity index (χ4n) is 5.41. The summed E-state index contributed by atoms with van der Waals surface area (Å²) in [5.41, 5.74) is 1.65. The molecule has 1 aliphatic rings. The maximum absolute atomic E-state index is 14.3. The molecule has 1 fully saturated rings. The maximum atomic E-state index is 14.3. The highest BCUT2D eigenvalue weighted by molar-refractivity contribution is 6.30. The molecule has 8 nitrogen and oxygen atoms in total. The lowest BCUT2D eigenvalue weighted by atomic mass is 9.75. The van der Waals surface area contributed by atoms with Crippen LogP contribution in [0.15, 0.2) is 36.4 Å². The summed E-state index contributed by atoms with van der Waals surface area (Å²) in [5, 5.41) is 18.8. The van der Waals surface area contributed by atoms with Crippen LogP contribution in [0.4, 0.5) is 26.2 Å². The number of aliphatic carboxylic acids is 1. The molecule has 1 atom stereocenters. The van der Waals surface area contributed by atoms with E-state index in [1.54, 1.807) is 13.2 Å². The van der Waals surface area contributed by atoms with Gasteiger partial charge >= 0.3 is 12.0 Å². The molecule has 0 bridgehead atoms. The predicted molar refractivity (Wildman–Crippen MR) is 152 cm³/mol. The van der Waals surface area contributed by atoms with Crippen LogP contribution in [-0.4, -0.2) is 49.6 Å². The highest BCUT2D eigenvalue weighted by Crippen LogP contribution is 2.40. The van der Waals surface area contributed by atoms with Gasteiger partial charge in [0.05, 0.1) is 36.2 Å². The van der Waals surface area contributed by atoms with Gasteiger partial charge in [0.1, 0.15) is 5.82 Å². The molecule has 2 aromatic carbocycles. The van der Waals surface area contributed by atoms with Gasteiger partial charge in [0, 0.05) is 30.7 Å². The minimum absolute atomic E-state index is 0.0140. The quantitative estimate of drug-likeness (QED) is 0.219. The second-order valence-corrected chi connectivity index (χ2v) is 11.1. The molecule has 3 rings (SSSR count). The van der Waals surface area contributed by atoms with Crippen molar-refractivity contribution in [2.24, 2.45) is 5.92 Å². The van der Waals surface area contributed by atoms with Gasteiger partial charge in [-0.2, -0.15) is 0 Å². The average molecular weight is 564 g/mol. The average Bonchev–Trinajstić information content (AvgIpc) is 2.86. The number of carbonyl (C=O) groups excluding carboxylic acids is 1. The van der Waals surface area contributed by atoms with Gasteiger partial charge in [-0.3, -0.25) is 4.79 Å². The third kappa shape index (κ3) is 8.81. The van der Waals surface area contributed by atoms with Crippen LogP contribution in [0.25, 0.3) is 0 Å². The lowest BCUT2D eigenvalue weighted by molar-refractivity contribution is -0.137. The van der Waals surface area contributed by atoms with Gasteiger partial charge in [-0.15, -0.1) is 0 Å². The van der Waals surface area contributed by atoms with Crippen molar-refractivity contribution in [2.75, 3.05) is 36.8 Å². The first-order valence-corrected chi connectivity index (χ1v) is 13.6. The SMILES string of the molecule is COCC(CC(=O)O)c1ccc(NC2(CC(C)C)CCC(OC)CC2)c(NC(=O)Nc2ccc(Cl)cc2F)c1. The summed E-state index contributed by atoms with van der Waals surface area (Å²) >= 11 is 5.84. The van der Waals surface area contributed by atoms with Gasteiger partial charge in [-0.1, -0.05) is 31.5 Å². The van der Waals surface area contributed by atoms with E-state index in [0.29, 0.717) is 22.9 Å². The highest BCUT2D eigenvalue weighted by Gasteiger charge is 2.36. The third-order valence-electron chi connectivity index (χ3n) is 7.15. The highest BCUT2D eigenvalue weighted by atomic mass is 35.5. The molecular weight excluding hydrogens is 525 g/mol. The van der Waals surface area contributed by atoms with Crippen molar-refractivity contribution in [3.05, 3.63) is 52.8 Å². The molecule has 10 heteroatoms. The number of methoxy groups -OCH3 is 2. The molecule has 1 saturated carbocycles. The summed E-state index contributed by atoms with van der Waals surface area (Å²) in [6, 6.07) is 8.85. The van der Waals surface area contributed by atoms with Crippen LogP contribution >= 0.6 is 11.6 Å². The number of anilines is 3. The van der Waals surface area contributed by atoms with Gasteiger partial charge in [0.15, 0.2) is 0 Å². The van der Waals surface area contributed by atoms with Crippen LogP contribution in [-0.2, 0) is 14.3 Å². The van der Waals surface area contributed by atoms with Crippen LogP contribution in [0.3, 0.4) is 0 Å². The largest absolute Gasteiger partial charge is 0.481 e. The molecule has 4 N–H and O–H groups in total. The number of hydrogen-bond donors (Lipinski definition) is 4. The summed E-state index contributed by atoms with van der Waals surface area (Å²) < 4.78 is 25.2. The Morgan fingerprint density at radius 2 is 1.74 bits per heavy atom. The molecule has 2 amide bonds. The zero-order valence-electron chi connectivity index (χ0n) is 23.0. The first-order chi connectivity index (χ1) is 18.5. The van der Waals surface area contributed by atoms with Crippen molar-refractivity contribution in [2.45, 2.75) is 69.9 Å².